The first-order valence-corrected chi connectivity index (χ1v) is 11.5. The van der Waals surface area contributed by atoms with Gasteiger partial charge in [-0.15, -0.1) is 0 Å². The first kappa shape index (κ1) is 22.4. The van der Waals surface area contributed by atoms with Crippen LogP contribution in [-0.4, -0.2) is 63.3 Å². The number of halogens is 1. The first-order chi connectivity index (χ1) is 14.1. The molecule has 162 valence electrons. The number of benzene rings is 1. The van der Waals surface area contributed by atoms with Gasteiger partial charge in [-0.1, -0.05) is 30.7 Å². The second-order valence-electron chi connectivity index (χ2n) is 8.44. The van der Waals surface area contributed by atoms with Gasteiger partial charge in [0.15, 0.2) is 0 Å². The fraction of sp³-hybridized carbons (Fsp3) is 0.696. The number of hydrogen-bond donors (Lipinski definition) is 1. The largest absolute Gasteiger partial charge is 0.375 e. The molecule has 0 bridgehead atoms. The van der Waals surface area contributed by atoms with Gasteiger partial charge >= 0.3 is 0 Å². The number of aryl methyl sites for hydroxylation is 1. The summed E-state index contributed by atoms with van der Waals surface area (Å²) >= 11 is 6.61. The number of nitrogens with zero attached hydrogens (tertiary/aromatic N) is 2. The van der Waals surface area contributed by atoms with Crippen molar-refractivity contribution in [3.63, 3.8) is 0 Å². The van der Waals surface area contributed by atoms with E-state index in [-0.39, 0.29) is 12.5 Å². The minimum Gasteiger partial charge on any atom is -0.375 e. The monoisotopic (exact) mass is 421 g/mol. The Kier molecular flexibility index (Phi) is 8.64. The van der Waals surface area contributed by atoms with Crippen molar-refractivity contribution >= 4 is 23.2 Å². The molecule has 6 heteroatoms. The normalized spacial score (nSPS) is 23.2. The Morgan fingerprint density at radius 1 is 1.17 bits per heavy atom. The highest BCUT2D eigenvalue weighted by atomic mass is 35.5. The lowest BCUT2D eigenvalue weighted by Crippen LogP contribution is -2.47. The van der Waals surface area contributed by atoms with Crippen molar-refractivity contribution in [1.82, 2.24) is 10.2 Å². The van der Waals surface area contributed by atoms with Gasteiger partial charge in [0.1, 0.15) is 6.61 Å². The summed E-state index contributed by atoms with van der Waals surface area (Å²) in [7, 11) is 1.56. The van der Waals surface area contributed by atoms with Crippen LogP contribution in [0.5, 0.6) is 0 Å². The summed E-state index contributed by atoms with van der Waals surface area (Å²) in [6, 6.07) is 6.74. The summed E-state index contributed by atoms with van der Waals surface area (Å²) in [5, 5.41) is 4.02. The minimum atomic E-state index is 0.0124. The number of anilines is 1. The van der Waals surface area contributed by atoms with Crippen molar-refractivity contribution in [2.75, 3.05) is 51.3 Å². The molecule has 0 aromatic heterocycles. The molecule has 1 aromatic rings. The highest BCUT2D eigenvalue weighted by Crippen LogP contribution is 2.31. The number of carbonyl (C=O) groups is 1. The van der Waals surface area contributed by atoms with E-state index in [0.717, 1.165) is 56.4 Å². The van der Waals surface area contributed by atoms with Gasteiger partial charge in [0.2, 0.25) is 5.91 Å². The third-order valence-corrected chi connectivity index (χ3v) is 6.93. The van der Waals surface area contributed by atoms with Crippen LogP contribution in [0.25, 0.3) is 0 Å². The van der Waals surface area contributed by atoms with Crippen molar-refractivity contribution in [1.29, 1.82) is 0 Å². The maximum absolute atomic E-state index is 11.7. The second kappa shape index (κ2) is 11.2. The molecule has 1 aliphatic heterocycles. The maximum Gasteiger partial charge on any atom is 0.246 e. The van der Waals surface area contributed by atoms with E-state index in [1.165, 1.54) is 37.1 Å². The van der Waals surface area contributed by atoms with Gasteiger partial charge in [0.05, 0.1) is 10.7 Å². The van der Waals surface area contributed by atoms with Crippen LogP contribution < -0.4 is 10.2 Å². The second-order valence-corrected chi connectivity index (χ2v) is 8.82. The summed E-state index contributed by atoms with van der Waals surface area (Å²) < 4.78 is 4.90. The zero-order valence-corrected chi connectivity index (χ0v) is 18.7. The zero-order chi connectivity index (χ0) is 20.6. The fourth-order valence-corrected chi connectivity index (χ4v) is 5.04. The highest BCUT2D eigenvalue weighted by molar-refractivity contribution is 6.34. The first-order valence-electron chi connectivity index (χ1n) is 11.1. The van der Waals surface area contributed by atoms with Gasteiger partial charge in [-0.2, -0.15) is 0 Å². The molecular formula is C23H36ClN3O2. The molecule has 0 unspecified atom stereocenters. The van der Waals surface area contributed by atoms with Crippen LogP contribution in [0.3, 0.4) is 0 Å². The number of hydrogen-bond acceptors (Lipinski definition) is 4. The van der Waals surface area contributed by atoms with E-state index in [9.17, 15) is 4.79 Å². The molecule has 0 atom stereocenters. The van der Waals surface area contributed by atoms with Crippen molar-refractivity contribution in [2.24, 2.45) is 5.92 Å². The molecular weight excluding hydrogens is 386 g/mol. The molecule has 0 radical (unpaired) electrons. The van der Waals surface area contributed by atoms with Gasteiger partial charge in [-0.25, -0.2) is 0 Å². The van der Waals surface area contributed by atoms with Crippen LogP contribution in [-0.2, 0) is 16.0 Å². The molecule has 2 fully saturated rings. The number of amides is 1. The van der Waals surface area contributed by atoms with Crippen LogP contribution in [0.2, 0.25) is 5.02 Å². The smallest absolute Gasteiger partial charge is 0.246 e. The predicted octanol–water partition coefficient (Wildman–Crippen LogP) is 3.74. The van der Waals surface area contributed by atoms with Gasteiger partial charge in [0.25, 0.3) is 0 Å². The van der Waals surface area contributed by atoms with Crippen LogP contribution >= 0.6 is 11.6 Å². The summed E-state index contributed by atoms with van der Waals surface area (Å²) in [4.78, 5) is 16.7. The highest BCUT2D eigenvalue weighted by Gasteiger charge is 2.24. The molecule has 1 aliphatic carbocycles. The molecule has 0 spiro atoms. The standard InChI is InChI=1S/C23H36ClN3O2/c1-3-19-5-4-6-21(23(19)24)27-15-13-26(14-16-27)12-11-18-7-9-20(10-8-18)25-22(28)17-29-2/h4-6,18,20H,3,7-17H2,1-2H3,(H,25,28). The summed E-state index contributed by atoms with van der Waals surface area (Å²) in [6.07, 6.45) is 6.88. The Hall–Kier alpha value is -1.30. The van der Waals surface area contributed by atoms with E-state index in [0.29, 0.717) is 6.04 Å². The van der Waals surface area contributed by atoms with Crippen molar-refractivity contribution in [3.8, 4) is 0 Å². The van der Waals surface area contributed by atoms with Gasteiger partial charge in [-0.05, 0) is 62.6 Å². The average molecular weight is 422 g/mol. The van der Waals surface area contributed by atoms with E-state index >= 15 is 0 Å². The van der Waals surface area contributed by atoms with E-state index in [2.05, 4.69) is 40.2 Å². The van der Waals surface area contributed by atoms with E-state index in [4.69, 9.17) is 16.3 Å². The maximum atomic E-state index is 11.7. The predicted molar refractivity (Wildman–Crippen MR) is 120 cm³/mol. The van der Waals surface area contributed by atoms with E-state index in [1.807, 2.05) is 0 Å². The number of ether oxygens (including phenoxy) is 1. The quantitative estimate of drug-likeness (QED) is 0.694. The van der Waals surface area contributed by atoms with Crippen molar-refractivity contribution in [3.05, 3.63) is 28.8 Å². The Morgan fingerprint density at radius 2 is 1.90 bits per heavy atom. The third-order valence-electron chi connectivity index (χ3n) is 6.49. The molecule has 3 rings (SSSR count). The number of carbonyl (C=O) groups excluding carboxylic acids is 1. The average Bonchev–Trinajstić information content (AvgIpc) is 2.74. The lowest BCUT2D eigenvalue weighted by molar-refractivity contribution is -0.125. The summed E-state index contributed by atoms with van der Waals surface area (Å²) in [6.45, 7) is 7.81. The summed E-state index contributed by atoms with van der Waals surface area (Å²) in [5.41, 5.74) is 2.43. The van der Waals surface area contributed by atoms with Crippen LogP contribution in [0.4, 0.5) is 5.69 Å². The SMILES string of the molecule is CCc1cccc(N2CCN(CCC3CCC(NC(=O)COC)CC3)CC2)c1Cl. The molecule has 5 nitrogen and oxygen atoms in total. The number of nitrogens with one attached hydrogen (secondary N) is 1. The summed E-state index contributed by atoms with van der Waals surface area (Å²) in [5.74, 6) is 0.803. The van der Waals surface area contributed by atoms with Gasteiger partial charge < -0.3 is 15.0 Å². The third kappa shape index (κ3) is 6.34. The molecule has 2 aliphatic rings. The zero-order valence-electron chi connectivity index (χ0n) is 18.0. The Labute approximate surface area is 180 Å². The number of piperazine rings is 1. The molecule has 1 aromatic carbocycles. The van der Waals surface area contributed by atoms with Crippen molar-refractivity contribution in [2.45, 2.75) is 51.5 Å². The topological polar surface area (TPSA) is 44.8 Å². The van der Waals surface area contributed by atoms with Crippen LogP contribution in [0.15, 0.2) is 18.2 Å². The lowest BCUT2D eigenvalue weighted by atomic mass is 9.84. The van der Waals surface area contributed by atoms with Crippen LogP contribution in [0, 0.1) is 5.92 Å². The Bertz CT molecular complexity index is 654. The minimum absolute atomic E-state index is 0.0124. The Balaban J connectivity index is 1.36. The molecule has 1 saturated heterocycles. The van der Waals surface area contributed by atoms with Gasteiger partial charge in [-0.3, -0.25) is 9.69 Å². The van der Waals surface area contributed by atoms with Crippen molar-refractivity contribution < 1.29 is 9.53 Å². The Morgan fingerprint density at radius 3 is 2.55 bits per heavy atom. The molecule has 1 N–H and O–H groups in total. The fourth-order valence-electron chi connectivity index (χ4n) is 4.66. The van der Waals surface area contributed by atoms with E-state index in [1.54, 1.807) is 7.11 Å². The van der Waals surface area contributed by atoms with Crippen LogP contribution in [0.1, 0.15) is 44.6 Å². The molecule has 1 heterocycles. The van der Waals surface area contributed by atoms with Gasteiger partial charge in [0, 0.05) is 39.3 Å². The van der Waals surface area contributed by atoms with E-state index < -0.39 is 0 Å². The molecule has 29 heavy (non-hydrogen) atoms. The molecule has 1 amide bonds. The lowest BCUT2D eigenvalue weighted by Gasteiger charge is -2.37. The number of rotatable bonds is 8. The number of methoxy groups -OCH3 is 1. The molecule has 1 saturated carbocycles.